The van der Waals surface area contributed by atoms with Crippen LogP contribution < -0.4 is 14.6 Å². The molecular weight excluding hydrogens is 290 g/mol. The molecule has 0 aliphatic rings. The van der Waals surface area contributed by atoms with Gasteiger partial charge in [0.05, 0.1) is 16.1 Å². The molecule has 0 amide bonds. The zero-order valence-corrected chi connectivity index (χ0v) is 12.5. The van der Waals surface area contributed by atoms with Gasteiger partial charge in [0.15, 0.2) is 0 Å². The second kappa shape index (κ2) is 4.99. The Labute approximate surface area is 113 Å². The van der Waals surface area contributed by atoms with E-state index in [0.29, 0.717) is 0 Å². The minimum Gasteiger partial charge on any atom is -0.283 e. The van der Waals surface area contributed by atoms with Crippen molar-refractivity contribution in [3.63, 3.8) is 0 Å². The van der Waals surface area contributed by atoms with Crippen LogP contribution in [0, 0.1) is 0 Å². The third-order valence-electron chi connectivity index (χ3n) is 2.18. The Morgan fingerprint density at radius 2 is 1.47 bits per heavy atom. The van der Waals surface area contributed by atoms with Crippen molar-refractivity contribution in [3.8, 4) is 0 Å². The summed E-state index contributed by atoms with van der Waals surface area (Å²) in [6, 6.07) is 5.82. The van der Waals surface area contributed by atoms with E-state index in [-0.39, 0.29) is 11.4 Å². The van der Waals surface area contributed by atoms with E-state index >= 15 is 0 Å². The minimum atomic E-state index is -3.89. The second-order valence-electron chi connectivity index (χ2n) is 4.95. The van der Waals surface area contributed by atoms with Crippen molar-refractivity contribution in [1.29, 1.82) is 0 Å². The number of rotatable bonds is 4. The van der Waals surface area contributed by atoms with Crippen molar-refractivity contribution in [3.05, 3.63) is 24.3 Å². The fraction of sp³-hybridized carbons (Fsp3) is 0.400. The molecule has 0 spiro atoms. The van der Waals surface area contributed by atoms with Crippen LogP contribution in [0.2, 0.25) is 0 Å². The molecule has 0 radical (unpaired) electrons. The summed E-state index contributed by atoms with van der Waals surface area (Å²) in [6.07, 6.45) is 0. The van der Waals surface area contributed by atoms with Gasteiger partial charge in [0, 0.05) is 0 Å². The Morgan fingerprint density at radius 1 is 1.00 bits per heavy atom. The summed E-state index contributed by atoms with van der Waals surface area (Å²) in [5, 5.41) is 4.84. The zero-order valence-electron chi connectivity index (χ0n) is 10.8. The molecule has 0 fully saturated rings. The van der Waals surface area contributed by atoms with Crippen molar-refractivity contribution in [2.45, 2.75) is 25.5 Å². The molecule has 0 atom stereocenters. The van der Waals surface area contributed by atoms with Crippen molar-refractivity contribution in [2.24, 2.45) is 5.14 Å². The van der Waals surface area contributed by atoms with E-state index in [1.54, 1.807) is 20.8 Å². The third-order valence-corrected chi connectivity index (χ3v) is 4.82. The van der Waals surface area contributed by atoms with E-state index in [0.717, 1.165) is 0 Å². The van der Waals surface area contributed by atoms with E-state index in [1.165, 1.54) is 24.3 Å². The summed E-state index contributed by atoms with van der Waals surface area (Å²) in [4.78, 5) is 0. The van der Waals surface area contributed by atoms with Gasteiger partial charge in [-0.3, -0.25) is 9.44 Å². The lowest BCUT2D eigenvalue weighted by Crippen LogP contribution is -2.33. The van der Waals surface area contributed by atoms with Gasteiger partial charge >= 0.3 is 0 Å². The zero-order chi connectivity index (χ0) is 14.9. The Morgan fingerprint density at radius 3 is 1.89 bits per heavy atom. The maximum absolute atomic E-state index is 11.9. The van der Waals surface area contributed by atoms with E-state index in [2.05, 4.69) is 9.44 Å². The highest BCUT2D eigenvalue weighted by atomic mass is 32.2. The molecule has 7 nitrogen and oxygen atoms in total. The lowest BCUT2D eigenvalue weighted by Gasteiger charge is -2.20. The number of sulfonamides is 1. The summed E-state index contributed by atoms with van der Waals surface area (Å²) in [6.45, 7) is 4.67. The van der Waals surface area contributed by atoms with Crippen LogP contribution in [0.25, 0.3) is 0 Å². The van der Waals surface area contributed by atoms with E-state index < -0.39 is 25.0 Å². The Balaban J connectivity index is 3.02. The molecule has 0 aliphatic heterocycles. The third kappa shape index (κ3) is 4.69. The van der Waals surface area contributed by atoms with Crippen molar-refractivity contribution in [1.82, 2.24) is 0 Å². The van der Waals surface area contributed by atoms with Crippen molar-refractivity contribution >= 4 is 31.6 Å². The SMILES string of the molecule is CC(C)(C)S(=O)(=O)Nc1cccc(NS(N)(=O)=O)c1. The number of hydrogen-bond acceptors (Lipinski definition) is 4. The van der Waals surface area contributed by atoms with Crippen molar-refractivity contribution < 1.29 is 16.8 Å². The van der Waals surface area contributed by atoms with Gasteiger partial charge in [0.25, 0.3) is 10.2 Å². The van der Waals surface area contributed by atoms with Gasteiger partial charge in [-0.05, 0) is 39.0 Å². The Hall–Kier alpha value is -1.32. The van der Waals surface area contributed by atoms with Crippen molar-refractivity contribution in [2.75, 3.05) is 9.44 Å². The maximum Gasteiger partial charge on any atom is 0.296 e. The molecule has 0 saturated carbocycles. The van der Waals surface area contributed by atoms with E-state index in [9.17, 15) is 16.8 Å². The van der Waals surface area contributed by atoms with E-state index in [1.807, 2.05) is 0 Å². The van der Waals surface area contributed by atoms with Crippen LogP contribution in [0.5, 0.6) is 0 Å². The summed E-state index contributed by atoms with van der Waals surface area (Å²) in [5.41, 5.74) is 0.431. The van der Waals surface area contributed by atoms with Crippen LogP contribution >= 0.6 is 0 Å². The molecular formula is C10H17N3O4S2. The highest BCUT2D eigenvalue weighted by molar-refractivity contribution is 7.94. The molecule has 1 aromatic rings. The lowest BCUT2D eigenvalue weighted by molar-refractivity contribution is 0.566. The van der Waals surface area contributed by atoms with Crippen LogP contribution in [-0.4, -0.2) is 21.6 Å². The standard InChI is InChI=1S/C10H17N3O4S2/c1-10(2,3)18(14,15)12-8-5-4-6-9(7-8)13-19(11,16)17/h4-7,12-13H,1-3H3,(H2,11,16,17). The molecule has 108 valence electrons. The van der Waals surface area contributed by atoms with Crippen LogP contribution in [0.3, 0.4) is 0 Å². The number of anilines is 2. The average Bonchev–Trinajstić information content (AvgIpc) is 2.12. The molecule has 0 bridgehead atoms. The first kappa shape index (κ1) is 15.7. The van der Waals surface area contributed by atoms with Gasteiger partial charge in [0.1, 0.15) is 0 Å². The normalized spacial score (nSPS) is 13.1. The second-order valence-corrected chi connectivity index (χ2v) is 8.68. The summed E-state index contributed by atoms with van der Waals surface area (Å²) >= 11 is 0. The van der Waals surface area contributed by atoms with Gasteiger partial charge in [-0.25, -0.2) is 13.6 Å². The van der Waals surface area contributed by atoms with Gasteiger partial charge in [-0.2, -0.15) is 8.42 Å². The lowest BCUT2D eigenvalue weighted by atomic mass is 10.3. The number of nitrogens with two attached hydrogens (primary N) is 1. The smallest absolute Gasteiger partial charge is 0.283 e. The Kier molecular flexibility index (Phi) is 4.13. The topological polar surface area (TPSA) is 118 Å². The number of hydrogen-bond donors (Lipinski definition) is 3. The van der Waals surface area contributed by atoms with E-state index in [4.69, 9.17) is 5.14 Å². The molecule has 0 aromatic heterocycles. The largest absolute Gasteiger partial charge is 0.296 e. The summed E-state index contributed by atoms with van der Waals surface area (Å²) in [5.74, 6) is 0. The monoisotopic (exact) mass is 307 g/mol. The highest BCUT2D eigenvalue weighted by Crippen LogP contribution is 2.21. The molecule has 0 heterocycles. The average molecular weight is 307 g/mol. The van der Waals surface area contributed by atoms with Crippen LogP contribution in [0.1, 0.15) is 20.8 Å². The van der Waals surface area contributed by atoms with Gasteiger partial charge in [0.2, 0.25) is 10.0 Å². The first-order valence-electron chi connectivity index (χ1n) is 5.34. The predicted octanol–water partition coefficient (Wildman–Crippen LogP) is 0.842. The first-order chi connectivity index (χ1) is 8.41. The fourth-order valence-corrected chi connectivity index (χ4v) is 2.32. The number of nitrogens with one attached hydrogen (secondary N) is 2. The molecule has 0 saturated heterocycles. The molecule has 1 rings (SSSR count). The molecule has 0 aliphatic carbocycles. The molecule has 1 aromatic carbocycles. The summed E-state index contributed by atoms with van der Waals surface area (Å²) in [7, 11) is -7.46. The minimum absolute atomic E-state index is 0.177. The Bertz CT molecular complexity index is 660. The molecule has 19 heavy (non-hydrogen) atoms. The van der Waals surface area contributed by atoms with Gasteiger partial charge < -0.3 is 0 Å². The first-order valence-corrected chi connectivity index (χ1v) is 8.37. The highest BCUT2D eigenvalue weighted by Gasteiger charge is 2.28. The molecule has 4 N–H and O–H groups in total. The quantitative estimate of drug-likeness (QED) is 0.763. The van der Waals surface area contributed by atoms with Crippen LogP contribution in [-0.2, 0) is 20.2 Å². The summed E-state index contributed by atoms with van der Waals surface area (Å²) < 4.78 is 49.1. The molecule has 9 heteroatoms. The molecule has 0 unspecified atom stereocenters. The van der Waals surface area contributed by atoms with Gasteiger partial charge in [-0.1, -0.05) is 6.07 Å². The fourth-order valence-electron chi connectivity index (χ4n) is 1.12. The van der Waals surface area contributed by atoms with Crippen LogP contribution in [0.15, 0.2) is 24.3 Å². The van der Waals surface area contributed by atoms with Crippen LogP contribution in [0.4, 0.5) is 11.4 Å². The van der Waals surface area contributed by atoms with Gasteiger partial charge in [-0.15, -0.1) is 0 Å². The predicted molar refractivity (Wildman–Crippen MR) is 75.5 cm³/mol. The maximum atomic E-state index is 11.9. The number of benzene rings is 1.